The Morgan fingerprint density at radius 1 is 1.04 bits per heavy atom. The Morgan fingerprint density at radius 2 is 1.77 bits per heavy atom. The van der Waals surface area contributed by atoms with Gasteiger partial charge in [0.25, 0.3) is 0 Å². The van der Waals surface area contributed by atoms with E-state index in [0.717, 1.165) is 11.1 Å². The average Bonchev–Trinajstić information content (AvgIpc) is 2.66. The van der Waals surface area contributed by atoms with E-state index < -0.39 is 0 Å². The van der Waals surface area contributed by atoms with E-state index in [9.17, 15) is 9.59 Å². The van der Waals surface area contributed by atoms with E-state index in [1.165, 1.54) is 0 Å². The van der Waals surface area contributed by atoms with Crippen molar-refractivity contribution in [3.63, 3.8) is 0 Å². The Hall–Kier alpha value is -2.82. The van der Waals surface area contributed by atoms with Gasteiger partial charge in [0.05, 0.1) is 6.04 Å². The number of amides is 1. The summed E-state index contributed by atoms with van der Waals surface area (Å²) in [4.78, 5) is 24.6. The molecule has 0 fully saturated rings. The van der Waals surface area contributed by atoms with E-state index >= 15 is 0 Å². The smallest absolute Gasteiger partial charge is 0.220 e. The van der Waals surface area contributed by atoms with Crippen molar-refractivity contribution in [3.05, 3.63) is 59.2 Å². The zero-order chi connectivity index (χ0) is 18.5. The van der Waals surface area contributed by atoms with Gasteiger partial charge >= 0.3 is 0 Å². The van der Waals surface area contributed by atoms with Crippen LogP contribution < -0.4 is 14.8 Å². The number of Topliss-reactive ketones (excluding diaryl/α,β-unsaturated/α-hetero) is 1. The quantitative estimate of drug-likeness (QED) is 0.806. The lowest BCUT2D eigenvalue weighted by Crippen LogP contribution is -2.27. The maximum absolute atomic E-state index is 12.4. The van der Waals surface area contributed by atoms with E-state index in [2.05, 4.69) is 5.32 Å². The normalized spacial score (nSPS) is 13.8. The fourth-order valence-corrected chi connectivity index (χ4v) is 3.05. The van der Waals surface area contributed by atoms with Crippen LogP contribution in [0.25, 0.3) is 0 Å². The van der Waals surface area contributed by atoms with E-state index in [1.807, 2.05) is 38.1 Å². The lowest BCUT2D eigenvalue weighted by Gasteiger charge is -2.18. The molecule has 5 heteroatoms. The van der Waals surface area contributed by atoms with Gasteiger partial charge in [0.1, 0.15) is 13.2 Å². The van der Waals surface area contributed by atoms with Gasteiger partial charge < -0.3 is 14.8 Å². The minimum absolute atomic E-state index is 0.0827. The molecule has 2 aromatic rings. The number of hydrogen-bond donors (Lipinski definition) is 1. The number of fused-ring (bicyclic) bond motifs is 1. The summed E-state index contributed by atoms with van der Waals surface area (Å²) in [6.07, 6.45) is 0.315. The molecule has 1 N–H and O–H groups in total. The molecule has 0 aromatic heterocycles. The largest absolute Gasteiger partial charge is 0.486 e. The molecule has 1 aliphatic heterocycles. The third-order valence-electron chi connectivity index (χ3n) is 4.48. The van der Waals surface area contributed by atoms with E-state index in [0.29, 0.717) is 30.3 Å². The number of aryl methyl sites for hydroxylation is 1. The summed E-state index contributed by atoms with van der Waals surface area (Å²) < 4.78 is 10.9. The molecule has 1 aliphatic rings. The van der Waals surface area contributed by atoms with Crippen molar-refractivity contribution in [2.45, 2.75) is 32.7 Å². The number of rotatable bonds is 6. The van der Waals surface area contributed by atoms with Crippen molar-refractivity contribution < 1.29 is 19.1 Å². The minimum Gasteiger partial charge on any atom is -0.486 e. The molecule has 0 aliphatic carbocycles. The highest BCUT2D eigenvalue weighted by atomic mass is 16.6. The fraction of sp³-hybridized carbons (Fsp3) is 0.333. The molecule has 0 saturated carbocycles. The van der Waals surface area contributed by atoms with Crippen molar-refractivity contribution in [2.75, 3.05) is 13.2 Å². The monoisotopic (exact) mass is 353 g/mol. The Bertz CT molecular complexity index is 815. The average molecular weight is 353 g/mol. The number of ketones is 1. The molecule has 0 unspecified atom stereocenters. The van der Waals surface area contributed by atoms with Gasteiger partial charge in [0.2, 0.25) is 5.91 Å². The third-order valence-corrected chi connectivity index (χ3v) is 4.48. The SMILES string of the molecule is Cc1ccccc1[C@@H](C)NC(=O)CCC(=O)c1ccc2c(c1)OCCO2. The van der Waals surface area contributed by atoms with Crippen molar-refractivity contribution in [1.29, 1.82) is 0 Å². The molecule has 0 radical (unpaired) electrons. The van der Waals surface area contributed by atoms with Crippen LogP contribution in [0.2, 0.25) is 0 Å². The molecule has 0 spiro atoms. The highest BCUT2D eigenvalue weighted by Gasteiger charge is 2.17. The standard InChI is InChI=1S/C21H23NO4/c1-14-5-3-4-6-17(14)15(2)22-21(24)10-8-18(23)16-7-9-19-20(13-16)26-12-11-25-19/h3-7,9,13,15H,8,10-12H2,1-2H3,(H,22,24)/t15-/m1/s1. The maximum Gasteiger partial charge on any atom is 0.220 e. The first-order chi connectivity index (χ1) is 12.5. The number of carbonyl (C=O) groups excluding carboxylic acids is 2. The topological polar surface area (TPSA) is 64.6 Å². The summed E-state index contributed by atoms with van der Waals surface area (Å²) in [6.45, 7) is 4.95. The van der Waals surface area contributed by atoms with Gasteiger partial charge in [-0.2, -0.15) is 0 Å². The van der Waals surface area contributed by atoms with Gasteiger partial charge in [-0.15, -0.1) is 0 Å². The number of carbonyl (C=O) groups is 2. The van der Waals surface area contributed by atoms with Gasteiger partial charge in [-0.3, -0.25) is 9.59 Å². The predicted octanol–water partition coefficient (Wildman–Crippen LogP) is 3.61. The summed E-state index contributed by atoms with van der Waals surface area (Å²) in [6, 6.07) is 13.0. The van der Waals surface area contributed by atoms with Gasteiger partial charge in [0.15, 0.2) is 17.3 Å². The molecule has 0 saturated heterocycles. The Balaban J connectivity index is 1.54. The number of nitrogens with one attached hydrogen (secondary N) is 1. The molecular formula is C21H23NO4. The first-order valence-corrected chi connectivity index (χ1v) is 8.82. The van der Waals surface area contributed by atoms with Crippen LogP contribution in [0.4, 0.5) is 0 Å². The van der Waals surface area contributed by atoms with E-state index in [-0.39, 0.29) is 30.6 Å². The van der Waals surface area contributed by atoms with Gasteiger partial charge in [-0.1, -0.05) is 24.3 Å². The van der Waals surface area contributed by atoms with E-state index in [4.69, 9.17) is 9.47 Å². The Kier molecular flexibility index (Phi) is 5.56. The van der Waals surface area contributed by atoms with Crippen LogP contribution in [-0.2, 0) is 4.79 Å². The molecule has 1 atom stereocenters. The fourth-order valence-electron chi connectivity index (χ4n) is 3.05. The lowest BCUT2D eigenvalue weighted by molar-refractivity contribution is -0.121. The summed E-state index contributed by atoms with van der Waals surface area (Å²) in [5.41, 5.74) is 2.75. The van der Waals surface area contributed by atoms with Crippen LogP contribution in [0.3, 0.4) is 0 Å². The van der Waals surface area contributed by atoms with Gasteiger partial charge in [-0.25, -0.2) is 0 Å². The molecular weight excluding hydrogens is 330 g/mol. The number of hydrogen-bond acceptors (Lipinski definition) is 4. The Morgan fingerprint density at radius 3 is 2.54 bits per heavy atom. The summed E-state index contributed by atoms with van der Waals surface area (Å²) in [7, 11) is 0. The van der Waals surface area contributed by atoms with Crippen LogP contribution in [0.1, 0.15) is 47.3 Å². The number of ether oxygens (including phenoxy) is 2. The summed E-state index contributed by atoms with van der Waals surface area (Å²) >= 11 is 0. The molecule has 1 heterocycles. The molecule has 0 bridgehead atoms. The second-order valence-electron chi connectivity index (χ2n) is 6.43. The number of benzene rings is 2. The lowest BCUT2D eigenvalue weighted by atomic mass is 10.0. The second kappa shape index (κ2) is 8.04. The van der Waals surface area contributed by atoms with Crippen LogP contribution in [0.5, 0.6) is 11.5 Å². The first-order valence-electron chi connectivity index (χ1n) is 8.82. The molecule has 1 amide bonds. The van der Waals surface area contributed by atoms with Crippen molar-refractivity contribution in [2.24, 2.45) is 0 Å². The van der Waals surface area contributed by atoms with Gasteiger partial charge in [0, 0.05) is 18.4 Å². The van der Waals surface area contributed by atoms with Crippen LogP contribution >= 0.6 is 0 Å². The summed E-state index contributed by atoms with van der Waals surface area (Å²) in [5, 5.41) is 2.96. The molecule has 2 aromatic carbocycles. The minimum atomic E-state index is -0.133. The van der Waals surface area contributed by atoms with Crippen molar-refractivity contribution in [3.8, 4) is 11.5 Å². The first kappa shape index (κ1) is 18.0. The van der Waals surface area contributed by atoms with E-state index in [1.54, 1.807) is 18.2 Å². The highest BCUT2D eigenvalue weighted by Crippen LogP contribution is 2.31. The van der Waals surface area contributed by atoms with Crippen LogP contribution in [0, 0.1) is 6.92 Å². The molecule has 26 heavy (non-hydrogen) atoms. The molecule has 3 rings (SSSR count). The van der Waals surface area contributed by atoms with Crippen molar-refractivity contribution in [1.82, 2.24) is 5.32 Å². The summed E-state index contributed by atoms with van der Waals surface area (Å²) in [5.74, 6) is 1.02. The highest BCUT2D eigenvalue weighted by molar-refractivity contribution is 5.98. The zero-order valence-electron chi connectivity index (χ0n) is 15.1. The third kappa shape index (κ3) is 4.23. The van der Waals surface area contributed by atoms with Crippen LogP contribution in [-0.4, -0.2) is 24.9 Å². The van der Waals surface area contributed by atoms with Gasteiger partial charge in [-0.05, 0) is 43.2 Å². The predicted molar refractivity (Wildman–Crippen MR) is 98.7 cm³/mol. The molecule has 5 nitrogen and oxygen atoms in total. The zero-order valence-corrected chi connectivity index (χ0v) is 15.1. The maximum atomic E-state index is 12.4. The second-order valence-corrected chi connectivity index (χ2v) is 6.43. The Labute approximate surface area is 153 Å². The molecule has 136 valence electrons. The van der Waals surface area contributed by atoms with Crippen molar-refractivity contribution >= 4 is 11.7 Å². The van der Waals surface area contributed by atoms with Crippen LogP contribution in [0.15, 0.2) is 42.5 Å².